The number of halogens is 3. The molecule has 0 aromatic carbocycles. The first-order chi connectivity index (χ1) is 8.36. The van der Waals surface area contributed by atoms with E-state index in [1.54, 1.807) is 7.05 Å². The monoisotopic (exact) mass is 258 g/mol. The molecular formula is C9H9F3N6. The van der Waals surface area contributed by atoms with Crippen LogP contribution < -0.4 is 5.32 Å². The quantitative estimate of drug-likeness (QED) is 0.887. The molecule has 2 aromatic rings. The van der Waals surface area contributed by atoms with Gasteiger partial charge in [-0.2, -0.15) is 13.2 Å². The summed E-state index contributed by atoms with van der Waals surface area (Å²) in [7, 11) is 1.56. The van der Waals surface area contributed by atoms with Crippen LogP contribution in [0.2, 0.25) is 0 Å². The minimum atomic E-state index is -4.41. The van der Waals surface area contributed by atoms with Crippen molar-refractivity contribution in [1.82, 2.24) is 25.2 Å². The van der Waals surface area contributed by atoms with Gasteiger partial charge in [-0.3, -0.25) is 0 Å². The van der Waals surface area contributed by atoms with Crippen molar-refractivity contribution in [2.24, 2.45) is 7.05 Å². The van der Waals surface area contributed by atoms with Gasteiger partial charge in [0, 0.05) is 12.7 Å². The van der Waals surface area contributed by atoms with Crippen molar-refractivity contribution in [3.63, 3.8) is 0 Å². The number of anilines is 2. The fourth-order valence-corrected chi connectivity index (χ4v) is 1.35. The first-order valence-electron chi connectivity index (χ1n) is 4.91. The summed E-state index contributed by atoms with van der Waals surface area (Å²) in [6.07, 6.45) is -4.41. The lowest BCUT2D eigenvalue weighted by Crippen LogP contribution is -2.08. The second-order valence-corrected chi connectivity index (χ2v) is 3.63. The van der Waals surface area contributed by atoms with Crippen LogP contribution in [0.15, 0.2) is 12.1 Å². The van der Waals surface area contributed by atoms with E-state index in [1.807, 2.05) is 0 Å². The SMILES string of the molecule is Cc1cc(C(F)(F)F)cc(Nc2nnnn2C)n1. The van der Waals surface area contributed by atoms with Crippen LogP contribution in [0.4, 0.5) is 24.9 Å². The molecular weight excluding hydrogens is 249 g/mol. The van der Waals surface area contributed by atoms with Crippen LogP contribution in [-0.2, 0) is 13.2 Å². The largest absolute Gasteiger partial charge is 0.416 e. The molecule has 2 aromatic heterocycles. The van der Waals surface area contributed by atoms with Crippen LogP contribution in [0.3, 0.4) is 0 Å². The van der Waals surface area contributed by atoms with E-state index < -0.39 is 11.7 Å². The van der Waals surface area contributed by atoms with Gasteiger partial charge in [-0.1, -0.05) is 5.10 Å². The van der Waals surface area contributed by atoms with Gasteiger partial charge in [0.1, 0.15) is 5.82 Å². The number of hydrogen-bond acceptors (Lipinski definition) is 5. The highest BCUT2D eigenvalue weighted by molar-refractivity contribution is 5.49. The lowest BCUT2D eigenvalue weighted by atomic mass is 10.2. The van der Waals surface area contributed by atoms with E-state index in [-0.39, 0.29) is 17.5 Å². The molecule has 6 nitrogen and oxygen atoms in total. The maximum Gasteiger partial charge on any atom is 0.416 e. The zero-order valence-electron chi connectivity index (χ0n) is 9.52. The number of alkyl halides is 3. The summed E-state index contributed by atoms with van der Waals surface area (Å²) >= 11 is 0. The van der Waals surface area contributed by atoms with Gasteiger partial charge in [-0.15, -0.1) is 0 Å². The van der Waals surface area contributed by atoms with Crippen molar-refractivity contribution >= 4 is 11.8 Å². The standard InChI is InChI=1S/C9H9F3N6/c1-5-3-6(9(10,11)12)4-7(13-5)14-8-15-16-17-18(8)2/h3-4H,1-2H3,(H,13,14,15,17). The topological polar surface area (TPSA) is 68.5 Å². The van der Waals surface area contributed by atoms with Gasteiger partial charge in [0.05, 0.1) is 5.56 Å². The average Bonchev–Trinajstić information content (AvgIpc) is 2.62. The van der Waals surface area contributed by atoms with Crippen molar-refractivity contribution < 1.29 is 13.2 Å². The smallest absolute Gasteiger partial charge is 0.308 e. The van der Waals surface area contributed by atoms with Gasteiger partial charge in [0.2, 0.25) is 5.95 Å². The molecule has 0 aliphatic carbocycles. The van der Waals surface area contributed by atoms with Gasteiger partial charge in [0.15, 0.2) is 0 Å². The van der Waals surface area contributed by atoms with Crippen molar-refractivity contribution in [2.45, 2.75) is 13.1 Å². The summed E-state index contributed by atoms with van der Waals surface area (Å²) in [4.78, 5) is 3.94. The number of rotatable bonds is 2. The van der Waals surface area contributed by atoms with E-state index >= 15 is 0 Å². The Balaban J connectivity index is 2.35. The molecule has 0 spiro atoms. The minimum absolute atomic E-state index is 0.0419. The van der Waals surface area contributed by atoms with Gasteiger partial charge < -0.3 is 5.32 Å². The lowest BCUT2D eigenvalue weighted by molar-refractivity contribution is -0.137. The van der Waals surface area contributed by atoms with Gasteiger partial charge >= 0.3 is 6.18 Å². The molecule has 2 rings (SSSR count). The number of nitrogens with zero attached hydrogens (tertiary/aromatic N) is 5. The molecule has 96 valence electrons. The zero-order chi connectivity index (χ0) is 13.3. The summed E-state index contributed by atoms with van der Waals surface area (Å²) in [5.41, 5.74) is -0.518. The molecule has 0 amide bonds. The van der Waals surface area contributed by atoms with E-state index in [0.29, 0.717) is 0 Å². The molecule has 0 aliphatic rings. The molecule has 0 atom stereocenters. The van der Waals surface area contributed by atoms with Crippen LogP contribution in [0.5, 0.6) is 0 Å². The molecule has 0 unspecified atom stereocenters. The zero-order valence-corrected chi connectivity index (χ0v) is 9.52. The summed E-state index contributed by atoms with van der Waals surface area (Å²) in [6.45, 7) is 1.48. The van der Waals surface area contributed by atoms with Crippen LogP contribution >= 0.6 is 0 Å². The summed E-state index contributed by atoms with van der Waals surface area (Å²) in [5.74, 6) is 0.251. The highest BCUT2D eigenvalue weighted by Gasteiger charge is 2.31. The van der Waals surface area contributed by atoms with Gasteiger partial charge in [-0.05, 0) is 29.5 Å². The molecule has 0 bridgehead atoms. The molecule has 1 N–H and O–H groups in total. The van der Waals surface area contributed by atoms with Crippen LogP contribution in [0.1, 0.15) is 11.3 Å². The number of nitrogens with one attached hydrogen (secondary N) is 1. The van der Waals surface area contributed by atoms with Gasteiger partial charge in [0.25, 0.3) is 0 Å². The van der Waals surface area contributed by atoms with Crippen LogP contribution in [0, 0.1) is 6.92 Å². The number of pyridine rings is 1. The fraction of sp³-hybridized carbons (Fsp3) is 0.333. The number of aryl methyl sites for hydroxylation is 2. The number of tetrazole rings is 1. The summed E-state index contributed by atoms with van der Waals surface area (Å²) < 4.78 is 39.1. The van der Waals surface area contributed by atoms with Crippen molar-refractivity contribution in [1.29, 1.82) is 0 Å². The molecule has 0 radical (unpaired) electrons. The molecule has 0 saturated carbocycles. The summed E-state index contributed by atoms with van der Waals surface area (Å²) in [6, 6.07) is 1.88. The molecule has 2 heterocycles. The number of aromatic nitrogens is 5. The van der Waals surface area contributed by atoms with E-state index in [1.165, 1.54) is 11.6 Å². The number of hydrogen-bond donors (Lipinski definition) is 1. The van der Waals surface area contributed by atoms with Crippen molar-refractivity contribution in [3.05, 3.63) is 23.4 Å². The first kappa shape index (κ1) is 12.3. The Morgan fingerprint density at radius 3 is 2.56 bits per heavy atom. The normalized spacial score (nSPS) is 11.6. The maximum absolute atomic E-state index is 12.6. The van der Waals surface area contributed by atoms with E-state index in [0.717, 1.165) is 12.1 Å². The Hall–Kier alpha value is -2.19. The molecule has 9 heteroatoms. The second-order valence-electron chi connectivity index (χ2n) is 3.63. The highest BCUT2D eigenvalue weighted by Crippen LogP contribution is 2.31. The molecule has 18 heavy (non-hydrogen) atoms. The van der Waals surface area contributed by atoms with E-state index in [4.69, 9.17) is 0 Å². The van der Waals surface area contributed by atoms with Crippen LogP contribution in [-0.4, -0.2) is 25.2 Å². The van der Waals surface area contributed by atoms with Gasteiger partial charge in [-0.25, -0.2) is 9.67 Å². The van der Waals surface area contributed by atoms with E-state index in [2.05, 4.69) is 25.8 Å². The predicted octanol–water partition coefficient (Wildman–Crippen LogP) is 1.68. The van der Waals surface area contributed by atoms with Crippen molar-refractivity contribution in [3.8, 4) is 0 Å². The third-order valence-electron chi connectivity index (χ3n) is 2.14. The lowest BCUT2D eigenvalue weighted by Gasteiger charge is -2.10. The average molecular weight is 258 g/mol. The fourth-order valence-electron chi connectivity index (χ4n) is 1.35. The Morgan fingerprint density at radius 1 is 1.28 bits per heavy atom. The Bertz CT molecular complexity index is 562. The van der Waals surface area contributed by atoms with Crippen molar-refractivity contribution in [2.75, 3.05) is 5.32 Å². The third kappa shape index (κ3) is 2.55. The molecule has 0 fully saturated rings. The molecule has 0 saturated heterocycles. The van der Waals surface area contributed by atoms with Crippen LogP contribution in [0.25, 0.3) is 0 Å². The Morgan fingerprint density at radius 2 is 2.00 bits per heavy atom. The third-order valence-corrected chi connectivity index (χ3v) is 2.14. The molecule has 0 aliphatic heterocycles. The highest BCUT2D eigenvalue weighted by atomic mass is 19.4. The Kier molecular flexibility index (Phi) is 2.89. The maximum atomic E-state index is 12.6. The Labute approximate surface area is 99.8 Å². The predicted molar refractivity (Wildman–Crippen MR) is 56.1 cm³/mol. The minimum Gasteiger partial charge on any atom is -0.308 e. The second kappa shape index (κ2) is 4.24. The summed E-state index contributed by atoms with van der Waals surface area (Å²) in [5, 5.41) is 13.1. The van der Waals surface area contributed by atoms with E-state index in [9.17, 15) is 13.2 Å². The first-order valence-corrected chi connectivity index (χ1v) is 4.91.